The van der Waals surface area contributed by atoms with E-state index in [2.05, 4.69) is 5.10 Å². The Balaban J connectivity index is 2.75. The minimum atomic E-state index is -5.38. The first-order chi connectivity index (χ1) is 7.34. The lowest BCUT2D eigenvalue weighted by molar-refractivity contribution is -0.0437. The zero-order valence-electron chi connectivity index (χ0n) is 7.62. The summed E-state index contributed by atoms with van der Waals surface area (Å²) in [7, 11) is -5.38. The molecule has 0 atom stereocenters. The average Bonchev–Trinajstić information content (AvgIpc) is 2.59. The molecule has 0 spiro atoms. The second kappa shape index (κ2) is 3.21. The Morgan fingerprint density at radius 1 is 1.19 bits per heavy atom. The van der Waals surface area contributed by atoms with E-state index in [0.717, 1.165) is 0 Å². The summed E-state index contributed by atoms with van der Waals surface area (Å²) in [5.74, 6) is 0. The number of para-hydroxylation sites is 1. The Bertz CT molecular complexity index is 630. The minimum Gasteiger partial charge on any atom is -0.266 e. The summed E-state index contributed by atoms with van der Waals surface area (Å²) in [5.41, 5.74) is -5.16. The molecule has 16 heavy (non-hydrogen) atoms. The van der Waals surface area contributed by atoms with Crippen LogP contribution in [0, 0.1) is 0 Å². The van der Waals surface area contributed by atoms with Crippen LogP contribution in [0.4, 0.5) is 13.2 Å². The van der Waals surface area contributed by atoms with Crippen molar-refractivity contribution >= 4 is 20.7 Å². The van der Waals surface area contributed by atoms with E-state index in [-0.39, 0.29) is 10.9 Å². The Morgan fingerprint density at radius 2 is 1.81 bits per heavy atom. The number of fused-ring (bicyclic) bond motifs is 1. The fourth-order valence-corrected chi connectivity index (χ4v) is 2.11. The van der Waals surface area contributed by atoms with Crippen molar-refractivity contribution in [1.29, 1.82) is 0 Å². The van der Waals surface area contributed by atoms with Crippen molar-refractivity contribution in [2.75, 3.05) is 0 Å². The predicted octanol–water partition coefficient (Wildman–Crippen LogP) is 1.86. The molecule has 0 fully saturated rings. The molecule has 86 valence electrons. The fourth-order valence-electron chi connectivity index (χ4n) is 1.25. The van der Waals surface area contributed by atoms with E-state index < -0.39 is 20.4 Å². The van der Waals surface area contributed by atoms with E-state index in [4.69, 9.17) is 0 Å². The van der Waals surface area contributed by atoms with Gasteiger partial charge in [0.1, 0.15) is 0 Å². The number of benzene rings is 1. The van der Waals surface area contributed by atoms with Gasteiger partial charge in [-0.25, -0.2) is 8.42 Å². The van der Waals surface area contributed by atoms with Crippen LogP contribution in [0.15, 0.2) is 29.3 Å². The lowest BCUT2D eigenvalue weighted by Gasteiger charge is -2.05. The Hall–Kier alpha value is -1.57. The van der Waals surface area contributed by atoms with Gasteiger partial charge in [-0.15, -0.1) is 0 Å². The monoisotopic (exact) mass is 250 g/mol. The molecule has 1 heterocycles. The van der Waals surface area contributed by atoms with Crippen molar-refractivity contribution in [3.05, 3.63) is 24.3 Å². The third-order valence-electron chi connectivity index (χ3n) is 2.00. The van der Waals surface area contributed by atoms with Crippen LogP contribution in [0.5, 0.6) is 0 Å². The smallest absolute Gasteiger partial charge is 0.266 e. The lowest BCUT2D eigenvalue weighted by Crippen LogP contribution is -2.23. The quantitative estimate of drug-likeness (QED) is 0.840. The van der Waals surface area contributed by atoms with E-state index >= 15 is 0 Å². The number of rotatable bonds is 1. The maximum Gasteiger partial charge on any atom is 0.503 e. The molecule has 0 aliphatic heterocycles. The summed E-state index contributed by atoms with van der Waals surface area (Å²) in [6.45, 7) is 0. The van der Waals surface area contributed by atoms with Crippen LogP contribution in [-0.2, 0) is 9.84 Å². The molecule has 0 bridgehead atoms. The number of hydrogen-bond donors (Lipinski definition) is 1. The van der Waals surface area contributed by atoms with Crippen LogP contribution in [0.1, 0.15) is 0 Å². The normalized spacial score (nSPS) is 13.2. The second-order valence-corrected chi connectivity index (χ2v) is 4.90. The first kappa shape index (κ1) is 10.9. The maximum atomic E-state index is 12.3. The molecule has 8 heteroatoms. The van der Waals surface area contributed by atoms with Crippen molar-refractivity contribution in [2.45, 2.75) is 10.5 Å². The van der Waals surface area contributed by atoms with Gasteiger partial charge in [-0.1, -0.05) is 12.1 Å². The topological polar surface area (TPSA) is 62.8 Å². The van der Waals surface area contributed by atoms with Crippen LogP contribution >= 0.6 is 0 Å². The van der Waals surface area contributed by atoms with E-state index in [9.17, 15) is 21.6 Å². The molecule has 1 aromatic carbocycles. The minimum absolute atomic E-state index is 0.0696. The van der Waals surface area contributed by atoms with Crippen LogP contribution in [0.25, 0.3) is 10.9 Å². The zero-order valence-corrected chi connectivity index (χ0v) is 8.43. The molecule has 0 saturated heterocycles. The number of nitrogens with one attached hydrogen (secondary N) is 1. The summed E-state index contributed by atoms with van der Waals surface area (Å²) in [5, 5.41) is 4.41. The predicted molar refractivity (Wildman–Crippen MR) is 49.3 cm³/mol. The van der Waals surface area contributed by atoms with Crippen LogP contribution in [-0.4, -0.2) is 24.1 Å². The van der Waals surface area contributed by atoms with Gasteiger partial charge in [0.25, 0.3) is 9.84 Å². The SMILES string of the molecule is O=S(=O)(c1[nH]nc2ccccc12)C(F)(F)F. The van der Waals surface area contributed by atoms with Gasteiger partial charge in [0.05, 0.1) is 5.52 Å². The largest absolute Gasteiger partial charge is 0.503 e. The summed E-state index contributed by atoms with van der Waals surface area (Å²) in [6.07, 6.45) is 0. The van der Waals surface area contributed by atoms with Crippen molar-refractivity contribution in [3.8, 4) is 0 Å². The Labute approximate surface area is 88.0 Å². The molecule has 2 aromatic rings. The third kappa shape index (κ3) is 1.45. The highest BCUT2D eigenvalue weighted by atomic mass is 32.2. The highest BCUT2D eigenvalue weighted by Crippen LogP contribution is 2.32. The number of alkyl halides is 3. The summed E-state index contributed by atoms with van der Waals surface area (Å²) in [6, 6.07) is 5.67. The van der Waals surface area contributed by atoms with Gasteiger partial charge in [0.2, 0.25) is 0 Å². The molecular weight excluding hydrogens is 245 g/mol. The van der Waals surface area contributed by atoms with E-state index in [1.54, 1.807) is 6.07 Å². The summed E-state index contributed by atoms with van der Waals surface area (Å²) < 4.78 is 59.1. The van der Waals surface area contributed by atoms with Crippen LogP contribution in [0.3, 0.4) is 0 Å². The number of hydrogen-bond acceptors (Lipinski definition) is 3. The molecule has 0 aliphatic carbocycles. The van der Waals surface area contributed by atoms with Crippen LogP contribution in [0.2, 0.25) is 0 Å². The van der Waals surface area contributed by atoms with Gasteiger partial charge in [-0.2, -0.15) is 18.3 Å². The number of aromatic nitrogens is 2. The van der Waals surface area contributed by atoms with Gasteiger partial charge in [-0.3, -0.25) is 5.10 Å². The fraction of sp³-hybridized carbons (Fsp3) is 0.125. The molecule has 0 radical (unpaired) electrons. The highest BCUT2D eigenvalue weighted by Gasteiger charge is 2.48. The molecule has 1 N–H and O–H groups in total. The van der Waals surface area contributed by atoms with Crippen molar-refractivity contribution in [3.63, 3.8) is 0 Å². The van der Waals surface area contributed by atoms with E-state index in [1.807, 2.05) is 5.10 Å². The molecule has 0 unspecified atom stereocenters. The summed E-state index contributed by atoms with van der Waals surface area (Å²) in [4.78, 5) is 0. The van der Waals surface area contributed by atoms with Crippen molar-refractivity contribution in [2.24, 2.45) is 0 Å². The molecule has 0 amide bonds. The van der Waals surface area contributed by atoms with Crippen molar-refractivity contribution < 1.29 is 21.6 Å². The first-order valence-electron chi connectivity index (χ1n) is 4.08. The standard InChI is InChI=1S/C8H5F3N2O2S/c9-8(10,11)16(14,15)7-5-3-1-2-4-6(5)12-13-7/h1-4H,(H,12,13). The molecule has 2 rings (SSSR count). The van der Waals surface area contributed by atoms with Gasteiger partial charge < -0.3 is 0 Å². The molecule has 1 aromatic heterocycles. The number of halogens is 3. The number of sulfone groups is 1. The number of H-pyrrole nitrogens is 1. The third-order valence-corrected chi connectivity index (χ3v) is 3.46. The first-order valence-corrected chi connectivity index (χ1v) is 5.57. The van der Waals surface area contributed by atoms with Crippen molar-refractivity contribution in [1.82, 2.24) is 10.2 Å². The molecule has 0 aliphatic rings. The Morgan fingerprint density at radius 3 is 2.44 bits per heavy atom. The number of nitrogens with zero attached hydrogens (tertiary/aromatic N) is 1. The maximum absolute atomic E-state index is 12.3. The summed E-state index contributed by atoms with van der Waals surface area (Å²) >= 11 is 0. The Kier molecular flexibility index (Phi) is 2.19. The average molecular weight is 250 g/mol. The molecule has 0 saturated carbocycles. The van der Waals surface area contributed by atoms with E-state index in [0.29, 0.717) is 0 Å². The van der Waals surface area contributed by atoms with Gasteiger partial charge in [-0.05, 0) is 12.1 Å². The van der Waals surface area contributed by atoms with Crippen LogP contribution < -0.4 is 0 Å². The van der Waals surface area contributed by atoms with Gasteiger partial charge in [0, 0.05) is 5.39 Å². The highest BCUT2D eigenvalue weighted by molar-refractivity contribution is 7.92. The van der Waals surface area contributed by atoms with E-state index in [1.165, 1.54) is 18.2 Å². The zero-order chi connectivity index (χ0) is 12.0. The lowest BCUT2D eigenvalue weighted by atomic mass is 10.3. The molecule has 4 nitrogen and oxygen atoms in total. The van der Waals surface area contributed by atoms with Gasteiger partial charge in [0.15, 0.2) is 5.03 Å². The van der Waals surface area contributed by atoms with Gasteiger partial charge >= 0.3 is 5.51 Å². The molecular formula is C8H5F3N2O2S. The second-order valence-electron chi connectivity index (χ2n) is 3.02. The number of aromatic amines is 1.